The lowest BCUT2D eigenvalue weighted by atomic mass is 10.2. The van der Waals surface area contributed by atoms with E-state index in [1.165, 1.54) is 0 Å². The molecular weight excluding hydrogens is 292 g/mol. The van der Waals surface area contributed by atoms with E-state index in [0.717, 1.165) is 10.0 Å². The van der Waals surface area contributed by atoms with E-state index in [9.17, 15) is 0 Å². The number of nitriles is 1. The number of nitrogen functional groups attached to an aromatic ring is 1. The van der Waals surface area contributed by atoms with Gasteiger partial charge in [0.2, 0.25) is 0 Å². The molecule has 2 aromatic rings. The zero-order chi connectivity index (χ0) is 13.0. The molecule has 0 unspecified atom stereocenters. The summed E-state index contributed by atoms with van der Waals surface area (Å²) in [6.07, 6.45) is 0. The van der Waals surface area contributed by atoms with Crippen LogP contribution in [0.2, 0.25) is 0 Å². The van der Waals surface area contributed by atoms with Gasteiger partial charge in [-0.25, -0.2) is 0 Å². The Balaban J connectivity index is 2.06. The standard InChI is InChI=1S/C14H11BrN2O/c15-12-3-1-10(2-4-12)9-18-13-5-6-14(17)11(7-13)8-16/h1-7H,9,17H2. The van der Waals surface area contributed by atoms with Gasteiger partial charge in [0.05, 0.1) is 5.56 Å². The highest BCUT2D eigenvalue weighted by Gasteiger charge is 2.01. The lowest BCUT2D eigenvalue weighted by Gasteiger charge is -2.07. The number of nitrogens with zero attached hydrogens (tertiary/aromatic N) is 1. The second-order valence-electron chi connectivity index (χ2n) is 3.78. The Morgan fingerprint density at radius 1 is 1.17 bits per heavy atom. The van der Waals surface area contributed by atoms with E-state index in [4.69, 9.17) is 15.7 Å². The number of nitrogens with two attached hydrogens (primary N) is 1. The van der Waals surface area contributed by atoms with Crippen LogP contribution in [-0.2, 0) is 6.61 Å². The smallest absolute Gasteiger partial charge is 0.121 e. The SMILES string of the molecule is N#Cc1cc(OCc2ccc(Br)cc2)ccc1N. The number of hydrogen-bond donors (Lipinski definition) is 1. The van der Waals surface area contributed by atoms with Gasteiger partial charge in [-0.3, -0.25) is 0 Å². The molecule has 2 aromatic carbocycles. The van der Waals surface area contributed by atoms with Crippen molar-refractivity contribution in [3.8, 4) is 11.8 Å². The van der Waals surface area contributed by atoms with Crippen LogP contribution in [-0.4, -0.2) is 0 Å². The van der Waals surface area contributed by atoms with Crippen LogP contribution in [0.25, 0.3) is 0 Å². The molecule has 0 aliphatic rings. The summed E-state index contributed by atoms with van der Waals surface area (Å²) in [4.78, 5) is 0. The highest BCUT2D eigenvalue weighted by atomic mass is 79.9. The van der Waals surface area contributed by atoms with Crippen molar-refractivity contribution in [2.75, 3.05) is 5.73 Å². The Morgan fingerprint density at radius 2 is 1.89 bits per heavy atom. The zero-order valence-corrected chi connectivity index (χ0v) is 11.1. The Morgan fingerprint density at radius 3 is 2.56 bits per heavy atom. The molecule has 0 atom stereocenters. The normalized spacial score (nSPS) is 9.78. The summed E-state index contributed by atoms with van der Waals surface area (Å²) in [5, 5.41) is 8.87. The van der Waals surface area contributed by atoms with Gasteiger partial charge in [-0.15, -0.1) is 0 Å². The number of rotatable bonds is 3. The molecule has 0 saturated heterocycles. The summed E-state index contributed by atoms with van der Waals surface area (Å²) in [7, 11) is 0. The van der Waals surface area contributed by atoms with Crippen molar-refractivity contribution >= 4 is 21.6 Å². The van der Waals surface area contributed by atoms with Gasteiger partial charge in [0.25, 0.3) is 0 Å². The Labute approximate surface area is 114 Å². The van der Waals surface area contributed by atoms with Gasteiger partial charge in [0.1, 0.15) is 18.4 Å². The third-order valence-corrected chi connectivity index (χ3v) is 2.99. The van der Waals surface area contributed by atoms with Crippen LogP contribution < -0.4 is 10.5 Å². The average Bonchev–Trinajstić information content (AvgIpc) is 2.39. The number of ether oxygens (including phenoxy) is 1. The van der Waals surface area contributed by atoms with Crippen molar-refractivity contribution in [3.63, 3.8) is 0 Å². The quantitative estimate of drug-likeness (QED) is 0.883. The minimum Gasteiger partial charge on any atom is -0.489 e. The number of benzene rings is 2. The summed E-state index contributed by atoms with van der Waals surface area (Å²) in [6, 6.07) is 15.0. The van der Waals surface area contributed by atoms with E-state index in [0.29, 0.717) is 23.6 Å². The maximum absolute atomic E-state index is 8.87. The van der Waals surface area contributed by atoms with Crippen LogP contribution >= 0.6 is 15.9 Å². The fraction of sp³-hybridized carbons (Fsp3) is 0.0714. The third-order valence-electron chi connectivity index (χ3n) is 2.46. The summed E-state index contributed by atoms with van der Waals surface area (Å²) >= 11 is 3.38. The molecule has 0 bridgehead atoms. The van der Waals surface area contributed by atoms with Crippen LogP contribution in [0.4, 0.5) is 5.69 Å². The molecule has 18 heavy (non-hydrogen) atoms. The first kappa shape index (κ1) is 12.5. The molecule has 2 rings (SSSR count). The topological polar surface area (TPSA) is 59.0 Å². The second-order valence-corrected chi connectivity index (χ2v) is 4.69. The molecule has 0 aliphatic carbocycles. The first-order valence-corrected chi connectivity index (χ1v) is 6.15. The maximum atomic E-state index is 8.87. The van der Waals surface area contributed by atoms with Crippen molar-refractivity contribution in [3.05, 3.63) is 58.1 Å². The van der Waals surface area contributed by atoms with Crippen molar-refractivity contribution in [1.29, 1.82) is 5.26 Å². The Hall–Kier alpha value is -1.99. The van der Waals surface area contributed by atoms with Gasteiger partial charge < -0.3 is 10.5 Å². The minimum absolute atomic E-state index is 0.434. The van der Waals surface area contributed by atoms with Crippen LogP contribution in [0.15, 0.2) is 46.9 Å². The summed E-state index contributed by atoms with van der Waals surface area (Å²) in [5.74, 6) is 0.642. The van der Waals surface area contributed by atoms with Crippen LogP contribution in [0, 0.1) is 11.3 Å². The molecular formula is C14H11BrN2O. The van der Waals surface area contributed by atoms with Crippen molar-refractivity contribution in [1.82, 2.24) is 0 Å². The van der Waals surface area contributed by atoms with Gasteiger partial charge in [0.15, 0.2) is 0 Å². The van der Waals surface area contributed by atoms with Crippen molar-refractivity contribution in [2.45, 2.75) is 6.61 Å². The predicted octanol–water partition coefficient (Wildman–Crippen LogP) is 3.48. The largest absolute Gasteiger partial charge is 0.489 e. The molecule has 0 radical (unpaired) electrons. The summed E-state index contributed by atoms with van der Waals surface area (Å²) in [6.45, 7) is 0.460. The number of anilines is 1. The highest BCUT2D eigenvalue weighted by Crippen LogP contribution is 2.20. The van der Waals surface area contributed by atoms with Gasteiger partial charge in [-0.2, -0.15) is 5.26 Å². The molecule has 4 heteroatoms. The Kier molecular flexibility index (Phi) is 3.85. The molecule has 0 spiro atoms. The van der Waals surface area contributed by atoms with E-state index < -0.39 is 0 Å². The van der Waals surface area contributed by atoms with Gasteiger partial charge in [0, 0.05) is 10.2 Å². The van der Waals surface area contributed by atoms with Gasteiger partial charge in [-0.1, -0.05) is 28.1 Å². The molecule has 0 heterocycles. The van der Waals surface area contributed by atoms with Gasteiger partial charge in [-0.05, 0) is 35.9 Å². The van der Waals surface area contributed by atoms with Gasteiger partial charge >= 0.3 is 0 Å². The monoisotopic (exact) mass is 302 g/mol. The highest BCUT2D eigenvalue weighted by molar-refractivity contribution is 9.10. The molecule has 2 N–H and O–H groups in total. The Bertz CT molecular complexity index is 588. The molecule has 90 valence electrons. The fourth-order valence-electron chi connectivity index (χ4n) is 1.47. The lowest BCUT2D eigenvalue weighted by Crippen LogP contribution is -1.97. The zero-order valence-electron chi connectivity index (χ0n) is 9.56. The molecule has 0 fully saturated rings. The lowest BCUT2D eigenvalue weighted by molar-refractivity contribution is 0.306. The van der Waals surface area contributed by atoms with E-state index in [1.54, 1.807) is 18.2 Å². The second kappa shape index (κ2) is 5.56. The first-order valence-electron chi connectivity index (χ1n) is 5.36. The van der Waals surface area contributed by atoms with E-state index in [1.807, 2.05) is 30.3 Å². The van der Waals surface area contributed by atoms with Crippen molar-refractivity contribution < 1.29 is 4.74 Å². The minimum atomic E-state index is 0.434. The molecule has 0 saturated carbocycles. The fourth-order valence-corrected chi connectivity index (χ4v) is 1.73. The molecule has 0 amide bonds. The van der Waals surface area contributed by atoms with E-state index in [2.05, 4.69) is 15.9 Å². The number of hydrogen-bond acceptors (Lipinski definition) is 3. The third kappa shape index (κ3) is 3.02. The molecule has 0 aliphatic heterocycles. The van der Waals surface area contributed by atoms with Crippen LogP contribution in [0.1, 0.15) is 11.1 Å². The van der Waals surface area contributed by atoms with E-state index >= 15 is 0 Å². The first-order chi connectivity index (χ1) is 8.69. The predicted molar refractivity (Wildman–Crippen MR) is 74.0 cm³/mol. The van der Waals surface area contributed by atoms with Crippen LogP contribution in [0.5, 0.6) is 5.75 Å². The maximum Gasteiger partial charge on any atom is 0.121 e. The summed E-state index contributed by atoms with van der Waals surface area (Å²) in [5.41, 5.74) is 7.60. The molecule has 0 aromatic heterocycles. The summed E-state index contributed by atoms with van der Waals surface area (Å²) < 4.78 is 6.64. The van der Waals surface area contributed by atoms with E-state index in [-0.39, 0.29) is 0 Å². The average molecular weight is 303 g/mol. The van der Waals surface area contributed by atoms with Crippen molar-refractivity contribution in [2.24, 2.45) is 0 Å². The van der Waals surface area contributed by atoms with Crippen LogP contribution in [0.3, 0.4) is 0 Å². The number of halogens is 1. The molecule has 3 nitrogen and oxygen atoms in total.